The molecule has 1 aromatic rings. The van der Waals surface area contributed by atoms with Crippen LogP contribution in [0.5, 0.6) is 0 Å². The van der Waals surface area contributed by atoms with Crippen LogP contribution in [-0.4, -0.2) is 17.6 Å². The third-order valence-corrected chi connectivity index (χ3v) is 2.53. The van der Waals surface area contributed by atoms with E-state index in [4.69, 9.17) is 5.73 Å². The SMILES string of the molecule is C=CCN(c1ncccc1C(C)N)C(C)C. The molecule has 0 fully saturated rings. The van der Waals surface area contributed by atoms with Crippen LogP contribution in [0.3, 0.4) is 0 Å². The molecule has 0 amide bonds. The summed E-state index contributed by atoms with van der Waals surface area (Å²) in [6.07, 6.45) is 3.69. The standard InChI is InChI=1S/C13H21N3/c1-5-9-16(10(2)3)13-12(11(4)14)7-6-8-15-13/h5-8,10-11H,1,9,14H2,2-4H3. The molecule has 0 aliphatic heterocycles. The fourth-order valence-corrected chi connectivity index (χ4v) is 1.69. The zero-order valence-corrected chi connectivity index (χ0v) is 10.4. The largest absolute Gasteiger partial charge is 0.350 e. The summed E-state index contributed by atoms with van der Waals surface area (Å²) in [7, 11) is 0. The first kappa shape index (κ1) is 12.7. The van der Waals surface area contributed by atoms with Crippen LogP contribution in [0.4, 0.5) is 5.82 Å². The van der Waals surface area contributed by atoms with Gasteiger partial charge in [0.05, 0.1) is 0 Å². The molecule has 1 heterocycles. The molecule has 0 saturated heterocycles. The Morgan fingerprint density at radius 2 is 2.19 bits per heavy atom. The maximum absolute atomic E-state index is 5.96. The van der Waals surface area contributed by atoms with Crippen molar-refractivity contribution in [3.05, 3.63) is 36.5 Å². The molecule has 1 unspecified atom stereocenters. The van der Waals surface area contributed by atoms with E-state index < -0.39 is 0 Å². The Morgan fingerprint density at radius 1 is 1.50 bits per heavy atom. The van der Waals surface area contributed by atoms with E-state index in [1.54, 1.807) is 6.20 Å². The average Bonchev–Trinajstić information content (AvgIpc) is 2.25. The molecule has 16 heavy (non-hydrogen) atoms. The van der Waals surface area contributed by atoms with E-state index in [9.17, 15) is 0 Å². The molecule has 0 spiro atoms. The average molecular weight is 219 g/mol. The lowest BCUT2D eigenvalue weighted by Gasteiger charge is -2.29. The minimum atomic E-state index is -0.00485. The molecule has 3 nitrogen and oxygen atoms in total. The number of hydrogen-bond donors (Lipinski definition) is 1. The van der Waals surface area contributed by atoms with Gasteiger partial charge in [-0.1, -0.05) is 12.1 Å². The summed E-state index contributed by atoms with van der Waals surface area (Å²) in [4.78, 5) is 6.64. The minimum absolute atomic E-state index is 0.00485. The molecule has 0 bridgehead atoms. The van der Waals surface area contributed by atoms with Gasteiger partial charge in [-0.25, -0.2) is 4.98 Å². The third kappa shape index (κ3) is 2.83. The van der Waals surface area contributed by atoms with Gasteiger partial charge in [-0.2, -0.15) is 0 Å². The molecular weight excluding hydrogens is 198 g/mol. The predicted molar refractivity (Wildman–Crippen MR) is 69.5 cm³/mol. The number of nitrogens with two attached hydrogens (primary N) is 1. The van der Waals surface area contributed by atoms with Gasteiger partial charge >= 0.3 is 0 Å². The van der Waals surface area contributed by atoms with Gasteiger partial charge in [-0.05, 0) is 26.8 Å². The molecule has 0 saturated carbocycles. The van der Waals surface area contributed by atoms with Crippen LogP contribution in [0, 0.1) is 0 Å². The van der Waals surface area contributed by atoms with E-state index in [1.165, 1.54) is 0 Å². The van der Waals surface area contributed by atoms with Crippen LogP contribution in [0.2, 0.25) is 0 Å². The molecule has 0 aliphatic carbocycles. The zero-order chi connectivity index (χ0) is 12.1. The van der Waals surface area contributed by atoms with Crippen molar-refractivity contribution < 1.29 is 0 Å². The Kier molecular flexibility index (Phi) is 4.50. The van der Waals surface area contributed by atoms with E-state index in [-0.39, 0.29) is 6.04 Å². The maximum atomic E-state index is 5.96. The minimum Gasteiger partial charge on any atom is -0.350 e. The lowest BCUT2D eigenvalue weighted by molar-refractivity contribution is 0.695. The Hall–Kier alpha value is -1.35. The highest BCUT2D eigenvalue weighted by atomic mass is 15.2. The summed E-state index contributed by atoms with van der Waals surface area (Å²) in [6, 6.07) is 4.33. The summed E-state index contributed by atoms with van der Waals surface area (Å²) in [5.74, 6) is 0.965. The van der Waals surface area contributed by atoms with Gasteiger partial charge in [0.1, 0.15) is 5.82 Å². The van der Waals surface area contributed by atoms with Gasteiger partial charge in [-0.3, -0.25) is 0 Å². The van der Waals surface area contributed by atoms with E-state index in [2.05, 4.69) is 30.3 Å². The maximum Gasteiger partial charge on any atom is 0.133 e. The number of anilines is 1. The summed E-state index contributed by atoms with van der Waals surface area (Å²) >= 11 is 0. The smallest absolute Gasteiger partial charge is 0.133 e. The summed E-state index contributed by atoms with van der Waals surface area (Å²) < 4.78 is 0. The van der Waals surface area contributed by atoms with Gasteiger partial charge in [-0.15, -0.1) is 6.58 Å². The van der Waals surface area contributed by atoms with Gasteiger partial charge in [0.2, 0.25) is 0 Å². The lowest BCUT2D eigenvalue weighted by atomic mass is 10.1. The summed E-state index contributed by atoms with van der Waals surface area (Å²) in [5, 5.41) is 0. The monoisotopic (exact) mass is 219 g/mol. The first-order valence-electron chi connectivity index (χ1n) is 5.66. The van der Waals surface area contributed by atoms with Crippen molar-refractivity contribution in [1.29, 1.82) is 0 Å². The van der Waals surface area contributed by atoms with Crippen LogP contribution in [0.1, 0.15) is 32.4 Å². The van der Waals surface area contributed by atoms with Crippen molar-refractivity contribution in [2.45, 2.75) is 32.9 Å². The number of rotatable bonds is 5. The van der Waals surface area contributed by atoms with E-state index >= 15 is 0 Å². The highest BCUT2D eigenvalue weighted by Gasteiger charge is 2.16. The molecule has 0 aliphatic rings. The van der Waals surface area contributed by atoms with Crippen molar-refractivity contribution in [2.75, 3.05) is 11.4 Å². The van der Waals surface area contributed by atoms with Crippen molar-refractivity contribution in [3.63, 3.8) is 0 Å². The van der Waals surface area contributed by atoms with E-state index in [0.717, 1.165) is 17.9 Å². The Morgan fingerprint density at radius 3 is 2.69 bits per heavy atom. The predicted octanol–water partition coefficient (Wildman–Crippen LogP) is 2.50. The van der Waals surface area contributed by atoms with Gasteiger partial charge in [0.25, 0.3) is 0 Å². The summed E-state index contributed by atoms with van der Waals surface area (Å²) in [6.45, 7) is 10.8. The van der Waals surface area contributed by atoms with Gasteiger partial charge in [0, 0.05) is 30.4 Å². The lowest BCUT2D eigenvalue weighted by Crippen LogP contribution is -2.33. The molecule has 0 aromatic carbocycles. The van der Waals surface area contributed by atoms with Crippen LogP contribution in [0.25, 0.3) is 0 Å². The van der Waals surface area contributed by atoms with Crippen molar-refractivity contribution >= 4 is 5.82 Å². The molecule has 1 atom stereocenters. The Balaban J connectivity index is 3.12. The number of pyridine rings is 1. The number of aromatic nitrogens is 1. The summed E-state index contributed by atoms with van der Waals surface area (Å²) in [5.41, 5.74) is 7.04. The van der Waals surface area contributed by atoms with Crippen LogP contribution in [0.15, 0.2) is 31.0 Å². The van der Waals surface area contributed by atoms with E-state index in [1.807, 2.05) is 25.1 Å². The highest BCUT2D eigenvalue weighted by molar-refractivity contribution is 5.49. The van der Waals surface area contributed by atoms with Crippen molar-refractivity contribution in [3.8, 4) is 0 Å². The number of nitrogens with zero attached hydrogens (tertiary/aromatic N) is 2. The van der Waals surface area contributed by atoms with E-state index in [0.29, 0.717) is 6.04 Å². The first-order valence-corrected chi connectivity index (χ1v) is 5.66. The van der Waals surface area contributed by atoms with Crippen LogP contribution >= 0.6 is 0 Å². The quantitative estimate of drug-likeness (QED) is 0.774. The second-order valence-corrected chi connectivity index (χ2v) is 4.24. The molecule has 2 N–H and O–H groups in total. The fraction of sp³-hybridized carbons (Fsp3) is 0.462. The van der Waals surface area contributed by atoms with Gasteiger partial charge in [0.15, 0.2) is 0 Å². The molecular formula is C13H21N3. The molecule has 0 radical (unpaired) electrons. The third-order valence-electron chi connectivity index (χ3n) is 2.53. The molecule has 88 valence electrons. The fourth-order valence-electron chi connectivity index (χ4n) is 1.69. The first-order chi connectivity index (χ1) is 7.57. The Bertz CT molecular complexity index is 345. The normalized spacial score (nSPS) is 12.6. The topological polar surface area (TPSA) is 42.2 Å². The second kappa shape index (κ2) is 5.66. The number of hydrogen-bond acceptors (Lipinski definition) is 3. The van der Waals surface area contributed by atoms with Gasteiger partial charge < -0.3 is 10.6 Å². The Labute approximate surface area is 98.0 Å². The van der Waals surface area contributed by atoms with Crippen LogP contribution < -0.4 is 10.6 Å². The van der Waals surface area contributed by atoms with Crippen LogP contribution in [-0.2, 0) is 0 Å². The van der Waals surface area contributed by atoms with Crippen molar-refractivity contribution in [1.82, 2.24) is 4.98 Å². The second-order valence-electron chi connectivity index (χ2n) is 4.24. The zero-order valence-electron chi connectivity index (χ0n) is 10.4. The molecule has 3 heteroatoms. The van der Waals surface area contributed by atoms with Crippen molar-refractivity contribution in [2.24, 2.45) is 5.73 Å². The molecule has 1 aromatic heterocycles. The highest BCUT2D eigenvalue weighted by Crippen LogP contribution is 2.23. The molecule has 1 rings (SSSR count).